The SMILES string of the molecule is CC/C=C\C1=C(C)C(=O)OC12c1ccc(O)cc1Oc1cc(O)ccc12. The minimum Gasteiger partial charge on any atom is -0.508 e. The Morgan fingerprint density at radius 2 is 1.62 bits per heavy atom. The molecule has 2 aliphatic heterocycles. The van der Waals surface area contributed by atoms with Gasteiger partial charge in [0.25, 0.3) is 0 Å². The molecule has 26 heavy (non-hydrogen) atoms. The maximum atomic E-state index is 12.5. The zero-order valence-electron chi connectivity index (χ0n) is 14.4. The summed E-state index contributed by atoms with van der Waals surface area (Å²) >= 11 is 0. The standard InChI is InChI=1S/C21H18O5/c1-3-4-5-15-12(2)20(24)26-21(15)16-8-6-13(22)10-18(16)25-19-11-14(23)7-9-17(19)21/h4-11,22-23H,3H2,1-2H3/b5-4-. The molecule has 5 heteroatoms. The van der Waals surface area contributed by atoms with Gasteiger partial charge in [0.2, 0.25) is 0 Å². The Balaban J connectivity index is 2.08. The zero-order valence-corrected chi connectivity index (χ0v) is 14.4. The highest BCUT2D eigenvalue weighted by Crippen LogP contribution is 2.57. The molecule has 0 saturated heterocycles. The first-order valence-corrected chi connectivity index (χ1v) is 8.43. The van der Waals surface area contributed by atoms with Crippen molar-refractivity contribution in [1.82, 2.24) is 0 Å². The van der Waals surface area contributed by atoms with Gasteiger partial charge in [-0.25, -0.2) is 4.79 Å². The Bertz CT molecular complexity index is 932. The fourth-order valence-corrected chi connectivity index (χ4v) is 3.56. The van der Waals surface area contributed by atoms with Crippen LogP contribution in [-0.2, 0) is 15.1 Å². The molecule has 0 atom stereocenters. The molecule has 2 aromatic carbocycles. The number of esters is 1. The highest BCUT2D eigenvalue weighted by atomic mass is 16.6. The number of benzene rings is 2. The summed E-state index contributed by atoms with van der Waals surface area (Å²) in [6.45, 7) is 3.75. The van der Waals surface area contributed by atoms with E-state index in [4.69, 9.17) is 9.47 Å². The summed E-state index contributed by atoms with van der Waals surface area (Å²) in [5, 5.41) is 19.7. The second-order valence-corrected chi connectivity index (χ2v) is 6.38. The van der Waals surface area contributed by atoms with Gasteiger partial charge in [-0.3, -0.25) is 0 Å². The van der Waals surface area contributed by atoms with Crippen molar-refractivity contribution < 1.29 is 24.5 Å². The van der Waals surface area contributed by atoms with Gasteiger partial charge in [-0.05, 0) is 37.6 Å². The molecule has 0 saturated carbocycles. The van der Waals surface area contributed by atoms with Crippen molar-refractivity contribution in [2.24, 2.45) is 0 Å². The quantitative estimate of drug-likeness (QED) is 0.791. The predicted molar refractivity (Wildman–Crippen MR) is 95.3 cm³/mol. The first-order valence-electron chi connectivity index (χ1n) is 8.43. The van der Waals surface area contributed by atoms with E-state index < -0.39 is 11.6 Å². The fraction of sp³-hybridized carbons (Fsp3) is 0.190. The molecule has 2 N–H and O–H groups in total. The number of phenols is 2. The first kappa shape index (κ1) is 16.3. The third-order valence-corrected chi connectivity index (χ3v) is 4.76. The first-order chi connectivity index (χ1) is 12.5. The molecule has 0 bridgehead atoms. The topological polar surface area (TPSA) is 76.0 Å². The van der Waals surface area contributed by atoms with Crippen LogP contribution in [-0.4, -0.2) is 16.2 Å². The average Bonchev–Trinajstić information content (AvgIpc) is 2.84. The Hall–Kier alpha value is -3.21. The van der Waals surface area contributed by atoms with Crippen LogP contribution in [0.25, 0.3) is 0 Å². The lowest BCUT2D eigenvalue weighted by Gasteiger charge is -2.37. The van der Waals surface area contributed by atoms with Crippen LogP contribution in [0.1, 0.15) is 31.4 Å². The largest absolute Gasteiger partial charge is 0.508 e. The average molecular weight is 350 g/mol. The van der Waals surface area contributed by atoms with Gasteiger partial charge in [-0.2, -0.15) is 0 Å². The number of carbonyl (C=O) groups is 1. The summed E-state index contributed by atoms with van der Waals surface area (Å²) in [5.74, 6) is 0.443. The van der Waals surface area contributed by atoms with E-state index in [-0.39, 0.29) is 11.5 Å². The maximum Gasteiger partial charge on any atom is 0.335 e. The molecule has 2 aromatic rings. The lowest BCUT2D eigenvalue weighted by atomic mass is 9.77. The molecule has 1 spiro atoms. The van der Waals surface area contributed by atoms with Gasteiger partial charge in [-0.1, -0.05) is 19.1 Å². The van der Waals surface area contributed by atoms with Crippen LogP contribution in [0.3, 0.4) is 0 Å². The Kier molecular flexibility index (Phi) is 3.54. The van der Waals surface area contributed by atoms with Crippen molar-refractivity contribution in [3.8, 4) is 23.0 Å². The second-order valence-electron chi connectivity index (χ2n) is 6.38. The number of aromatic hydroxyl groups is 2. The van der Waals surface area contributed by atoms with Crippen molar-refractivity contribution >= 4 is 5.97 Å². The number of hydrogen-bond acceptors (Lipinski definition) is 5. The van der Waals surface area contributed by atoms with E-state index in [9.17, 15) is 15.0 Å². The normalized spacial score (nSPS) is 17.2. The smallest absolute Gasteiger partial charge is 0.335 e. The van der Waals surface area contributed by atoms with Gasteiger partial charge in [0, 0.05) is 34.4 Å². The van der Waals surface area contributed by atoms with Crippen molar-refractivity contribution in [1.29, 1.82) is 0 Å². The minimum atomic E-state index is -1.17. The summed E-state index contributed by atoms with van der Waals surface area (Å²) < 4.78 is 11.8. The fourth-order valence-electron chi connectivity index (χ4n) is 3.56. The van der Waals surface area contributed by atoms with E-state index in [1.165, 1.54) is 24.3 Å². The molecule has 4 rings (SSSR count). The molecular formula is C21H18O5. The molecule has 5 nitrogen and oxygen atoms in total. The minimum absolute atomic E-state index is 0.0400. The van der Waals surface area contributed by atoms with Gasteiger partial charge in [0.15, 0.2) is 5.60 Å². The number of ether oxygens (including phenoxy) is 2. The highest BCUT2D eigenvalue weighted by molar-refractivity contribution is 5.95. The molecule has 0 aliphatic carbocycles. The van der Waals surface area contributed by atoms with Crippen LogP contribution >= 0.6 is 0 Å². The number of hydrogen-bond donors (Lipinski definition) is 2. The predicted octanol–water partition coefficient (Wildman–Crippen LogP) is 4.29. The molecule has 2 aliphatic rings. The maximum absolute atomic E-state index is 12.5. The molecule has 0 amide bonds. The van der Waals surface area contributed by atoms with E-state index in [1.54, 1.807) is 19.1 Å². The second kappa shape index (κ2) is 5.66. The van der Waals surface area contributed by atoms with E-state index >= 15 is 0 Å². The zero-order chi connectivity index (χ0) is 18.5. The van der Waals surface area contributed by atoms with Crippen molar-refractivity contribution in [3.05, 3.63) is 70.8 Å². The van der Waals surface area contributed by atoms with Crippen LogP contribution < -0.4 is 4.74 Å². The van der Waals surface area contributed by atoms with Gasteiger partial charge in [0.1, 0.15) is 23.0 Å². The van der Waals surface area contributed by atoms with E-state index in [0.717, 1.165) is 12.0 Å². The van der Waals surface area contributed by atoms with Crippen molar-refractivity contribution in [2.45, 2.75) is 25.9 Å². The molecule has 0 aromatic heterocycles. The van der Waals surface area contributed by atoms with E-state index in [0.29, 0.717) is 28.2 Å². The third-order valence-electron chi connectivity index (χ3n) is 4.76. The summed E-state index contributed by atoms with van der Waals surface area (Å²) in [4.78, 5) is 12.5. The number of fused-ring (bicyclic) bond motifs is 4. The van der Waals surface area contributed by atoms with Crippen LogP contribution in [0.5, 0.6) is 23.0 Å². The number of phenolic OH excluding ortho intramolecular Hbond substituents is 2. The Morgan fingerprint density at radius 3 is 2.15 bits per heavy atom. The van der Waals surface area contributed by atoms with Gasteiger partial charge in [-0.15, -0.1) is 0 Å². The summed E-state index contributed by atoms with van der Waals surface area (Å²) in [5.41, 5.74) is 1.35. The molecule has 132 valence electrons. The van der Waals surface area contributed by atoms with Crippen molar-refractivity contribution in [3.63, 3.8) is 0 Å². The summed E-state index contributed by atoms with van der Waals surface area (Å²) in [7, 11) is 0. The lowest BCUT2D eigenvalue weighted by molar-refractivity contribution is -0.145. The van der Waals surface area contributed by atoms with Crippen LogP contribution in [0, 0.1) is 0 Å². The number of allylic oxidation sites excluding steroid dienone is 1. The van der Waals surface area contributed by atoms with Crippen molar-refractivity contribution in [2.75, 3.05) is 0 Å². The molecule has 0 unspecified atom stereocenters. The van der Waals surface area contributed by atoms with Gasteiger partial charge < -0.3 is 19.7 Å². The summed E-state index contributed by atoms with van der Waals surface area (Å²) in [6, 6.07) is 9.44. The number of carbonyl (C=O) groups excluding carboxylic acids is 1. The van der Waals surface area contributed by atoms with Crippen LogP contribution in [0.2, 0.25) is 0 Å². The Morgan fingerprint density at radius 1 is 1.04 bits per heavy atom. The number of rotatable bonds is 2. The van der Waals surface area contributed by atoms with Crippen LogP contribution in [0.4, 0.5) is 0 Å². The monoisotopic (exact) mass is 350 g/mol. The lowest BCUT2D eigenvalue weighted by Crippen LogP contribution is -2.33. The molecule has 0 fully saturated rings. The Labute approximate surface area is 150 Å². The van der Waals surface area contributed by atoms with E-state index in [2.05, 4.69) is 0 Å². The van der Waals surface area contributed by atoms with Gasteiger partial charge in [0.05, 0.1) is 0 Å². The van der Waals surface area contributed by atoms with E-state index in [1.807, 2.05) is 19.1 Å². The van der Waals surface area contributed by atoms with Gasteiger partial charge >= 0.3 is 5.97 Å². The van der Waals surface area contributed by atoms with Crippen LogP contribution in [0.15, 0.2) is 59.7 Å². The molecule has 2 heterocycles. The highest BCUT2D eigenvalue weighted by Gasteiger charge is 2.53. The molecular weight excluding hydrogens is 332 g/mol. The molecule has 0 radical (unpaired) electrons. The third kappa shape index (κ3) is 2.13. The summed E-state index contributed by atoms with van der Waals surface area (Å²) in [6.07, 6.45) is 4.68.